The molecule has 3 aromatic rings. The highest BCUT2D eigenvalue weighted by Gasteiger charge is 2.45. The molecule has 1 aromatic heterocycles. The predicted octanol–water partition coefficient (Wildman–Crippen LogP) is 4.82. The number of nitrogens with two attached hydrogens (primary N) is 1. The zero-order chi connectivity index (χ0) is 28.8. The van der Waals surface area contributed by atoms with Gasteiger partial charge in [0.2, 0.25) is 0 Å². The van der Waals surface area contributed by atoms with Crippen molar-refractivity contribution in [2.75, 3.05) is 25.4 Å². The molecule has 1 atom stereocenters. The van der Waals surface area contributed by atoms with Gasteiger partial charge in [-0.05, 0) is 70.7 Å². The lowest BCUT2D eigenvalue weighted by molar-refractivity contribution is -0.0486. The van der Waals surface area contributed by atoms with Crippen LogP contribution in [-0.4, -0.2) is 51.4 Å². The summed E-state index contributed by atoms with van der Waals surface area (Å²) in [6.07, 6.45) is 2.98. The fraction of sp³-hybridized carbons (Fsp3) is 0.448. The van der Waals surface area contributed by atoms with Crippen LogP contribution in [0.2, 0.25) is 0 Å². The Morgan fingerprint density at radius 3 is 2.65 bits per heavy atom. The van der Waals surface area contributed by atoms with Gasteiger partial charge in [-0.3, -0.25) is 9.36 Å². The lowest BCUT2D eigenvalue weighted by Crippen LogP contribution is -2.48. The molecule has 1 unspecified atom stereocenters. The fourth-order valence-corrected chi connectivity index (χ4v) is 5.35. The van der Waals surface area contributed by atoms with Crippen LogP contribution < -0.4 is 16.0 Å². The van der Waals surface area contributed by atoms with Crippen molar-refractivity contribution in [2.45, 2.75) is 64.2 Å². The number of ether oxygens (including phenoxy) is 3. The van der Waals surface area contributed by atoms with E-state index in [-0.39, 0.29) is 45.8 Å². The molecule has 210 valence electrons. The summed E-state index contributed by atoms with van der Waals surface area (Å²) in [5, 5.41) is 9.65. The molecule has 2 fully saturated rings. The first-order chi connectivity index (χ1) is 18.9. The van der Waals surface area contributed by atoms with Crippen molar-refractivity contribution in [3.8, 4) is 17.6 Å². The van der Waals surface area contributed by atoms with Gasteiger partial charge in [-0.25, -0.2) is 14.2 Å². The smallest absolute Gasteiger partial charge is 0.410 e. The summed E-state index contributed by atoms with van der Waals surface area (Å²) in [6, 6.07) is 7.47. The van der Waals surface area contributed by atoms with Crippen molar-refractivity contribution in [1.82, 2.24) is 14.5 Å². The number of nitriles is 1. The second kappa shape index (κ2) is 10.1. The maximum absolute atomic E-state index is 14.6. The number of aromatic nitrogens is 2. The number of carbonyl (C=O) groups excluding carboxylic acids is 1. The number of benzene rings is 2. The Bertz CT molecular complexity index is 1580. The summed E-state index contributed by atoms with van der Waals surface area (Å²) >= 11 is 0. The number of hydrogen-bond acceptors (Lipinski definition) is 8. The van der Waals surface area contributed by atoms with E-state index >= 15 is 0 Å². The fourth-order valence-electron chi connectivity index (χ4n) is 5.35. The van der Waals surface area contributed by atoms with Crippen molar-refractivity contribution < 1.29 is 23.4 Å². The van der Waals surface area contributed by atoms with Gasteiger partial charge in [0, 0.05) is 13.1 Å². The summed E-state index contributed by atoms with van der Waals surface area (Å²) in [5.74, 6) is -0.906. The van der Waals surface area contributed by atoms with Crippen LogP contribution in [0.4, 0.5) is 14.9 Å². The Morgan fingerprint density at radius 2 is 1.98 bits per heavy atom. The maximum Gasteiger partial charge on any atom is 0.410 e. The molecule has 3 heterocycles. The van der Waals surface area contributed by atoms with Gasteiger partial charge in [-0.1, -0.05) is 6.07 Å². The van der Waals surface area contributed by atoms with Gasteiger partial charge in [0.15, 0.2) is 17.3 Å². The minimum Gasteiger partial charge on any atom is -0.451 e. The third-order valence-corrected chi connectivity index (χ3v) is 7.50. The van der Waals surface area contributed by atoms with Gasteiger partial charge < -0.3 is 24.8 Å². The Balaban J connectivity index is 1.38. The number of rotatable bonds is 3. The molecular formula is C29H32FN5O5. The molecule has 0 bridgehead atoms. The summed E-state index contributed by atoms with van der Waals surface area (Å²) in [5.41, 5.74) is 5.97. The van der Waals surface area contributed by atoms with Gasteiger partial charge in [0.05, 0.1) is 41.2 Å². The van der Waals surface area contributed by atoms with Crippen LogP contribution in [0.1, 0.15) is 57.2 Å². The van der Waals surface area contributed by atoms with Crippen LogP contribution >= 0.6 is 0 Å². The molecule has 1 amide bonds. The number of nitrogen functional groups attached to an aromatic ring is 1. The number of halogens is 1. The molecule has 2 N–H and O–H groups in total. The van der Waals surface area contributed by atoms with E-state index in [0.29, 0.717) is 50.0 Å². The molecule has 40 heavy (non-hydrogen) atoms. The molecule has 0 saturated carbocycles. The number of anilines is 1. The lowest BCUT2D eigenvalue weighted by atomic mass is 9.87. The molecule has 2 aliphatic rings. The van der Waals surface area contributed by atoms with Crippen molar-refractivity contribution in [3.63, 3.8) is 0 Å². The van der Waals surface area contributed by atoms with E-state index in [9.17, 15) is 19.2 Å². The monoisotopic (exact) mass is 549 g/mol. The van der Waals surface area contributed by atoms with Crippen LogP contribution in [0.5, 0.6) is 11.5 Å². The minimum atomic E-state index is -0.712. The zero-order valence-corrected chi connectivity index (χ0v) is 23.0. The lowest BCUT2D eigenvalue weighted by Gasteiger charge is -2.39. The number of amides is 1. The summed E-state index contributed by atoms with van der Waals surface area (Å²) in [4.78, 5) is 32.3. The third kappa shape index (κ3) is 5.07. The number of piperidine rings is 1. The summed E-state index contributed by atoms with van der Waals surface area (Å²) < 4.78 is 33.6. The predicted molar refractivity (Wildman–Crippen MR) is 146 cm³/mol. The van der Waals surface area contributed by atoms with Crippen LogP contribution in [0.3, 0.4) is 0 Å². The molecule has 11 heteroatoms. The van der Waals surface area contributed by atoms with Crippen LogP contribution in [0.25, 0.3) is 10.9 Å². The first-order valence-corrected chi connectivity index (χ1v) is 13.2. The van der Waals surface area contributed by atoms with Crippen molar-refractivity contribution >= 4 is 22.7 Å². The third-order valence-electron chi connectivity index (χ3n) is 7.50. The van der Waals surface area contributed by atoms with Gasteiger partial charge in [0.25, 0.3) is 5.56 Å². The first kappa shape index (κ1) is 27.4. The molecule has 0 aliphatic carbocycles. The Morgan fingerprint density at radius 1 is 1.25 bits per heavy atom. The molecule has 5 rings (SSSR count). The summed E-state index contributed by atoms with van der Waals surface area (Å²) in [6.45, 7) is 8.50. The van der Waals surface area contributed by atoms with E-state index in [1.54, 1.807) is 17.9 Å². The minimum absolute atomic E-state index is 0.00782. The van der Waals surface area contributed by atoms with Crippen molar-refractivity contribution in [2.24, 2.45) is 0 Å². The van der Waals surface area contributed by atoms with E-state index in [1.165, 1.54) is 29.1 Å². The number of aryl methyl sites for hydroxylation is 1. The van der Waals surface area contributed by atoms with Crippen molar-refractivity contribution in [1.29, 1.82) is 5.26 Å². The summed E-state index contributed by atoms with van der Waals surface area (Å²) in [7, 11) is 0. The number of fused-ring (bicyclic) bond motifs is 1. The van der Waals surface area contributed by atoms with Crippen LogP contribution in [0, 0.1) is 24.1 Å². The Kier molecular flexibility index (Phi) is 6.92. The molecule has 2 saturated heterocycles. The Hall–Kier alpha value is -4.17. The second-order valence-corrected chi connectivity index (χ2v) is 11.4. The van der Waals surface area contributed by atoms with Gasteiger partial charge in [0.1, 0.15) is 17.2 Å². The van der Waals surface area contributed by atoms with E-state index in [2.05, 4.69) is 4.98 Å². The van der Waals surface area contributed by atoms with Crippen LogP contribution in [-0.2, 0) is 9.47 Å². The highest BCUT2D eigenvalue weighted by molar-refractivity contribution is 5.92. The normalized spacial score (nSPS) is 18.6. The van der Waals surface area contributed by atoms with Gasteiger partial charge >= 0.3 is 6.09 Å². The highest BCUT2D eigenvalue weighted by atomic mass is 19.1. The number of carbonyl (C=O) groups is 1. The van der Waals surface area contributed by atoms with Crippen molar-refractivity contribution in [3.05, 3.63) is 57.9 Å². The van der Waals surface area contributed by atoms with Crippen LogP contribution in [0.15, 0.2) is 35.4 Å². The quantitative estimate of drug-likeness (QED) is 0.460. The Labute approximate surface area is 231 Å². The molecule has 1 spiro atoms. The molecule has 2 aliphatic heterocycles. The van der Waals surface area contributed by atoms with E-state index in [4.69, 9.17) is 19.9 Å². The van der Waals surface area contributed by atoms with E-state index in [1.807, 2.05) is 26.8 Å². The van der Waals surface area contributed by atoms with E-state index < -0.39 is 17.0 Å². The molecule has 0 radical (unpaired) electrons. The average Bonchev–Trinajstić information content (AvgIpc) is 3.30. The number of nitrogens with zero attached hydrogens (tertiary/aromatic N) is 4. The molecule has 2 aromatic carbocycles. The van der Waals surface area contributed by atoms with Gasteiger partial charge in [-0.15, -0.1) is 0 Å². The second-order valence-electron chi connectivity index (χ2n) is 11.4. The topological polar surface area (TPSA) is 133 Å². The average molecular weight is 550 g/mol. The van der Waals surface area contributed by atoms with Gasteiger partial charge in [-0.2, -0.15) is 5.26 Å². The molecule has 10 nitrogen and oxygen atoms in total. The maximum atomic E-state index is 14.6. The van der Waals surface area contributed by atoms with E-state index in [0.717, 1.165) is 0 Å². The zero-order valence-electron chi connectivity index (χ0n) is 23.0. The SMILES string of the molecule is Cc1ccc(F)c(Oc2ccc3ncn(C4COC5(CCN(C(=O)OC(C)(C)C)CC5)C4)c(=O)c3c2N)c1C#N. The molecular weight excluding hydrogens is 517 g/mol. The number of likely N-dealkylation sites (tertiary alicyclic amines) is 1. The first-order valence-electron chi connectivity index (χ1n) is 13.2. The standard InChI is InChI=1S/C29H32FN5O5/c1-17-5-6-20(30)25(19(17)14-31)39-22-8-7-21-23(24(22)32)26(36)35(16-33-21)18-13-29(38-15-18)9-11-34(12-10-29)27(37)40-28(2,3)4/h5-8,16,18H,9-13,15,32H2,1-4H3. The highest BCUT2D eigenvalue weighted by Crippen LogP contribution is 2.41. The number of hydrogen-bond donors (Lipinski definition) is 1. The largest absolute Gasteiger partial charge is 0.451 e.